The van der Waals surface area contributed by atoms with Gasteiger partial charge in [0, 0.05) is 26.1 Å². The fourth-order valence-corrected chi connectivity index (χ4v) is 4.24. The molecule has 0 spiro atoms. The number of nitrogens with zero attached hydrogens (tertiary/aromatic N) is 2. The Morgan fingerprint density at radius 1 is 1.00 bits per heavy atom. The van der Waals surface area contributed by atoms with E-state index in [1.54, 1.807) is 36.3 Å². The molecule has 0 bridgehead atoms. The number of hydrogen-bond donors (Lipinski definition) is 1. The highest BCUT2D eigenvalue weighted by atomic mass is 16.5. The fourth-order valence-electron chi connectivity index (χ4n) is 4.24. The van der Waals surface area contributed by atoms with Crippen LogP contribution in [-0.4, -0.2) is 59.7 Å². The zero-order valence-electron chi connectivity index (χ0n) is 21.5. The van der Waals surface area contributed by atoms with Crippen molar-refractivity contribution in [3.63, 3.8) is 0 Å². The molecule has 3 rings (SSSR count). The number of rotatable bonds is 12. The van der Waals surface area contributed by atoms with Gasteiger partial charge in [0.25, 0.3) is 11.8 Å². The van der Waals surface area contributed by atoms with E-state index in [1.165, 1.54) is 4.90 Å². The van der Waals surface area contributed by atoms with Gasteiger partial charge in [-0.3, -0.25) is 24.1 Å². The van der Waals surface area contributed by atoms with Gasteiger partial charge in [0.15, 0.2) is 0 Å². The Hall–Kier alpha value is -3.68. The van der Waals surface area contributed by atoms with E-state index >= 15 is 0 Å². The van der Waals surface area contributed by atoms with Crippen LogP contribution in [0, 0.1) is 5.92 Å². The number of methoxy groups -OCH3 is 1. The van der Waals surface area contributed by atoms with Gasteiger partial charge in [-0.1, -0.05) is 45.0 Å². The second kappa shape index (κ2) is 12.3. The highest BCUT2D eigenvalue weighted by molar-refractivity contribution is 6.21. The molecule has 2 aromatic rings. The molecule has 36 heavy (non-hydrogen) atoms. The quantitative estimate of drug-likeness (QED) is 0.456. The molecule has 2 aromatic carbocycles. The van der Waals surface area contributed by atoms with E-state index in [1.807, 2.05) is 45.0 Å². The lowest BCUT2D eigenvalue weighted by atomic mass is 10.1. The molecule has 0 radical (unpaired) electrons. The van der Waals surface area contributed by atoms with Crippen molar-refractivity contribution < 1.29 is 23.9 Å². The number of hydrogen-bond acceptors (Lipinski definition) is 5. The number of nitrogens with one attached hydrogen (secondary N) is 1. The molecule has 0 saturated heterocycles. The summed E-state index contributed by atoms with van der Waals surface area (Å²) in [4.78, 5) is 54.4. The van der Waals surface area contributed by atoms with Gasteiger partial charge in [0.1, 0.15) is 11.8 Å². The van der Waals surface area contributed by atoms with Crippen molar-refractivity contribution in [1.82, 2.24) is 15.1 Å². The summed E-state index contributed by atoms with van der Waals surface area (Å²) in [5.74, 6) is -0.0613. The first-order valence-corrected chi connectivity index (χ1v) is 12.4. The van der Waals surface area contributed by atoms with Gasteiger partial charge < -0.3 is 15.0 Å². The topological polar surface area (TPSA) is 96.0 Å². The molecule has 0 fully saturated rings. The van der Waals surface area contributed by atoms with E-state index in [4.69, 9.17) is 4.74 Å². The maximum Gasteiger partial charge on any atom is 0.261 e. The van der Waals surface area contributed by atoms with Crippen LogP contribution < -0.4 is 10.1 Å². The lowest BCUT2D eigenvalue weighted by molar-refractivity contribution is -0.141. The lowest BCUT2D eigenvalue weighted by Gasteiger charge is -2.31. The number of carbonyl (C=O) groups excluding carboxylic acids is 4. The van der Waals surface area contributed by atoms with E-state index in [0.717, 1.165) is 5.56 Å². The Labute approximate surface area is 212 Å². The number of ether oxygens (including phenoxy) is 1. The Morgan fingerprint density at radius 3 is 2.14 bits per heavy atom. The third kappa shape index (κ3) is 6.30. The van der Waals surface area contributed by atoms with Crippen LogP contribution in [0.1, 0.15) is 66.3 Å². The van der Waals surface area contributed by atoms with Crippen LogP contribution in [0.3, 0.4) is 0 Å². The second-order valence-electron chi connectivity index (χ2n) is 9.34. The highest BCUT2D eigenvalue weighted by Gasteiger charge is 2.35. The van der Waals surface area contributed by atoms with Crippen molar-refractivity contribution in [2.45, 2.75) is 52.6 Å². The van der Waals surface area contributed by atoms with E-state index in [-0.39, 0.29) is 49.1 Å². The van der Waals surface area contributed by atoms with Crippen molar-refractivity contribution in [3.05, 3.63) is 65.2 Å². The van der Waals surface area contributed by atoms with Crippen LogP contribution >= 0.6 is 0 Å². The van der Waals surface area contributed by atoms with Crippen molar-refractivity contribution >= 4 is 23.6 Å². The third-order valence-electron chi connectivity index (χ3n) is 6.23. The molecule has 1 aliphatic heterocycles. The Bertz CT molecular complexity index is 1060. The molecule has 0 aromatic heterocycles. The van der Waals surface area contributed by atoms with E-state index in [2.05, 4.69) is 5.32 Å². The normalized spacial score (nSPS) is 13.5. The summed E-state index contributed by atoms with van der Waals surface area (Å²) in [5.41, 5.74) is 1.66. The Kier molecular flexibility index (Phi) is 9.22. The van der Waals surface area contributed by atoms with Crippen LogP contribution in [0.25, 0.3) is 0 Å². The molecule has 0 aliphatic carbocycles. The molecule has 0 saturated carbocycles. The predicted molar refractivity (Wildman–Crippen MR) is 137 cm³/mol. The van der Waals surface area contributed by atoms with Gasteiger partial charge in [0.05, 0.1) is 18.2 Å². The van der Waals surface area contributed by atoms with E-state index in [0.29, 0.717) is 36.3 Å². The Balaban J connectivity index is 1.70. The Morgan fingerprint density at radius 2 is 1.61 bits per heavy atom. The van der Waals surface area contributed by atoms with Gasteiger partial charge in [-0.2, -0.15) is 0 Å². The average Bonchev–Trinajstić information content (AvgIpc) is 3.12. The van der Waals surface area contributed by atoms with Crippen LogP contribution in [0.5, 0.6) is 5.75 Å². The van der Waals surface area contributed by atoms with Crippen LogP contribution in [0.4, 0.5) is 0 Å². The minimum atomic E-state index is -0.627. The number of amides is 4. The van der Waals surface area contributed by atoms with E-state index in [9.17, 15) is 19.2 Å². The third-order valence-corrected chi connectivity index (χ3v) is 6.23. The molecule has 1 N–H and O–H groups in total. The minimum Gasteiger partial charge on any atom is -0.497 e. The number of imide groups is 1. The summed E-state index contributed by atoms with van der Waals surface area (Å²) in [7, 11) is 1.59. The molecule has 1 unspecified atom stereocenters. The summed E-state index contributed by atoms with van der Waals surface area (Å²) in [6, 6.07) is 13.5. The average molecular weight is 494 g/mol. The number of benzene rings is 2. The summed E-state index contributed by atoms with van der Waals surface area (Å²) < 4.78 is 5.22. The fraction of sp³-hybridized carbons (Fsp3) is 0.429. The number of carbonyl (C=O) groups is 4. The van der Waals surface area contributed by atoms with Crippen LogP contribution in [-0.2, 0) is 16.1 Å². The minimum absolute atomic E-state index is 0.109. The standard InChI is InChI=1S/C28H35N3O5/c1-5-24(26(33)29-17-19(2)3)31(18-20-12-14-21(36-4)15-13-20)25(32)11-8-16-30-27(34)22-9-6-7-10-23(22)28(30)35/h6-7,9-10,12-15,19,24H,5,8,11,16-18H2,1-4H3,(H,29,33). The monoisotopic (exact) mass is 493 g/mol. The molecule has 4 amide bonds. The van der Waals surface area contributed by atoms with Crippen molar-refractivity contribution in [1.29, 1.82) is 0 Å². The van der Waals surface area contributed by atoms with Gasteiger partial charge in [-0.05, 0) is 48.6 Å². The molecule has 192 valence electrons. The van der Waals surface area contributed by atoms with Crippen molar-refractivity contribution in [3.8, 4) is 5.75 Å². The van der Waals surface area contributed by atoms with Crippen LogP contribution in [0.2, 0.25) is 0 Å². The second-order valence-corrected chi connectivity index (χ2v) is 9.34. The first-order valence-electron chi connectivity index (χ1n) is 12.4. The summed E-state index contributed by atoms with van der Waals surface area (Å²) in [5, 5.41) is 2.94. The van der Waals surface area contributed by atoms with Gasteiger partial charge in [0.2, 0.25) is 11.8 Å². The molecule has 1 aliphatic rings. The summed E-state index contributed by atoms with van der Waals surface area (Å²) >= 11 is 0. The largest absolute Gasteiger partial charge is 0.497 e. The lowest BCUT2D eigenvalue weighted by Crippen LogP contribution is -2.49. The summed E-state index contributed by atoms with van der Waals surface area (Å²) in [6.07, 6.45) is 0.884. The smallest absolute Gasteiger partial charge is 0.261 e. The molecular formula is C28H35N3O5. The van der Waals surface area contributed by atoms with Gasteiger partial charge in [-0.15, -0.1) is 0 Å². The van der Waals surface area contributed by atoms with Gasteiger partial charge in [-0.25, -0.2) is 0 Å². The molecule has 8 heteroatoms. The maximum absolute atomic E-state index is 13.4. The molecular weight excluding hydrogens is 458 g/mol. The summed E-state index contributed by atoms with van der Waals surface area (Å²) in [6.45, 7) is 6.85. The molecule has 8 nitrogen and oxygen atoms in total. The van der Waals surface area contributed by atoms with Crippen molar-refractivity contribution in [2.75, 3.05) is 20.2 Å². The zero-order chi connectivity index (χ0) is 26.2. The highest BCUT2D eigenvalue weighted by Crippen LogP contribution is 2.23. The first-order chi connectivity index (χ1) is 17.3. The zero-order valence-corrected chi connectivity index (χ0v) is 21.5. The molecule has 1 heterocycles. The maximum atomic E-state index is 13.4. The van der Waals surface area contributed by atoms with Crippen LogP contribution in [0.15, 0.2) is 48.5 Å². The SMILES string of the molecule is CCC(C(=O)NCC(C)C)N(Cc1ccc(OC)cc1)C(=O)CCCN1C(=O)c2ccccc2C1=O. The first kappa shape index (κ1) is 26.9. The number of fused-ring (bicyclic) bond motifs is 1. The van der Waals surface area contributed by atoms with Crippen molar-refractivity contribution in [2.24, 2.45) is 5.92 Å². The predicted octanol–water partition coefficient (Wildman–Crippen LogP) is 3.65. The van der Waals surface area contributed by atoms with E-state index < -0.39 is 6.04 Å². The molecule has 1 atom stereocenters. The van der Waals surface area contributed by atoms with Gasteiger partial charge >= 0.3 is 0 Å².